The van der Waals surface area contributed by atoms with Crippen LogP contribution in [0.5, 0.6) is 0 Å². The molecule has 12 nitrogen and oxygen atoms in total. The van der Waals surface area contributed by atoms with E-state index in [1.165, 1.54) is 11.8 Å². The molecule has 208 valence electrons. The number of hydrogen-bond acceptors (Lipinski definition) is 9. The smallest absolute Gasteiger partial charge is 0.238 e. The number of aliphatic hydroxyl groups excluding tert-OH is 1. The fourth-order valence-corrected chi connectivity index (χ4v) is 5.89. The van der Waals surface area contributed by atoms with Crippen molar-refractivity contribution in [2.75, 3.05) is 43.4 Å². The minimum absolute atomic E-state index is 0.0896. The standard InChI is InChI=1S/C27H31N9O3S/c1-17-13-22(33-32-17)29-26-31-27(30-23-3-2-10-36(23)26)40-21-6-4-19(5-7-21)28-24(38)16-34-11-8-18(14-34)25(39)35-12-9-20(37)15-35/h2-7,10,13,18,20,37H,8-9,11-12,14-16H2,1H3,(H,28,38)(H2,29,30,31,32,33). The average molecular weight is 562 g/mol. The highest BCUT2D eigenvalue weighted by atomic mass is 32.2. The van der Waals surface area contributed by atoms with Crippen LogP contribution in [0.3, 0.4) is 0 Å². The first-order chi connectivity index (χ1) is 19.4. The van der Waals surface area contributed by atoms with Crippen LogP contribution in [0.4, 0.5) is 17.5 Å². The molecule has 2 aliphatic heterocycles. The SMILES string of the molecule is Cc1cc(Nc2nc(Sc3ccc(NC(=O)CN4CCC(C(=O)N5CCC(O)C5)C4)cc3)nc3cccn23)n[nH]1. The van der Waals surface area contributed by atoms with Crippen molar-refractivity contribution in [2.24, 2.45) is 5.92 Å². The Kier molecular flexibility index (Phi) is 7.41. The van der Waals surface area contributed by atoms with Crippen molar-refractivity contribution >= 4 is 46.7 Å². The van der Waals surface area contributed by atoms with E-state index in [0.717, 1.165) is 22.7 Å². The van der Waals surface area contributed by atoms with Gasteiger partial charge in [0.05, 0.1) is 18.6 Å². The Morgan fingerprint density at radius 2 is 1.98 bits per heavy atom. The Bertz CT molecular complexity index is 1520. The normalized spacial score (nSPS) is 19.4. The fourth-order valence-electron chi connectivity index (χ4n) is 5.13. The second kappa shape index (κ2) is 11.3. The molecule has 3 aromatic heterocycles. The second-order valence-corrected chi connectivity index (χ2v) is 11.3. The predicted octanol–water partition coefficient (Wildman–Crippen LogP) is 2.51. The van der Waals surface area contributed by atoms with Crippen molar-refractivity contribution in [3.05, 3.63) is 54.4 Å². The fraction of sp³-hybridized carbons (Fsp3) is 0.370. The van der Waals surface area contributed by atoms with Crippen LogP contribution < -0.4 is 10.6 Å². The summed E-state index contributed by atoms with van der Waals surface area (Å²) in [5.74, 6) is 1.14. The number of carbonyl (C=O) groups is 2. The summed E-state index contributed by atoms with van der Waals surface area (Å²) in [6.45, 7) is 4.47. The molecule has 5 heterocycles. The molecule has 2 amide bonds. The van der Waals surface area contributed by atoms with Gasteiger partial charge in [0, 0.05) is 48.2 Å². The number of aryl methyl sites for hydroxylation is 1. The number of carbonyl (C=O) groups excluding carboxylic acids is 2. The van der Waals surface area contributed by atoms with Crippen LogP contribution in [0.2, 0.25) is 0 Å². The summed E-state index contributed by atoms with van der Waals surface area (Å²) in [7, 11) is 0. The highest BCUT2D eigenvalue weighted by Gasteiger charge is 2.34. The first-order valence-corrected chi connectivity index (χ1v) is 14.1. The number of aromatic amines is 1. The molecular weight excluding hydrogens is 530 g/mol. The Morgan fingerprint density at radius 1 is 1.12 bits per heavy atom. The average Bonchev–Trinajstić information content (AvgIpc) is 3.74. The lowest BCUT2D eigenvalue weighted by Crippen LogP contribution is -2.37. The molecule has 4 aromatic rings. The number of hydrogen-bond donors (Lipinski definition) is 4. The number of nitrogens with one attached hydrogen (secondary N) is 3. The van der Waals surface area contributed by atoms with Gasteiger partial charge in [-0.3, -0.25) is 24.0 Å². The zero-order valence-electron chi connectivity index (χ0n) is 22.1. The zero-order chi connectivity index (χ0) is 27.6. The minimum atomic E-state index is -0.418. The van der Waals surface area contributed by atoms with Gasteiger partial charge in [-0.2, -0.15) is 10.1 Å². The first-order valence-electron chi connectivity index (χ1n) is 13.3. The van der Waals surface area contributed by atoms with Crippen LogP contribution in [0.1, 0.15) is 18.5 Å². The maximum Gasteiger partial charge on any atom is 0.238 e. The van der Waals surface area contributed by atoms with Crippen molar-refractivity contribution in [1.82, 2.24) is 34.4 Å². The van der Waals surface area contributed by atoms with Crippen molar-refractivity contribution in [1.29, 1.82) is 0 Å². The van der Waals surface area contributed by atoms with Crippen molar-refractivity contribution in [2.45, 2.75) is 35.9 Å². The molecule has 13 heteroatoms. The Hall–Kier alpha value is -3.94. The highest BCUT2D eigenvalue weighted by Crippen LogP contribution is 2.28. The number of fused-ring (bicyclic) bond motifs is 1. The van der Waals surface area contributed by atoms with Gasteiger partial charge in [-0.25, -0.2) is 4.98 Å². The summed E-state index contributed by atoms with van der Waals surface area (Å²) in [4.78, 5) is 39.4. The summed E-state index contributed by atoms with van der Waals surface area (Å²) in [5, 5.41) is 23.6. The maximum atomic E-state index is 12.7. The second-order valence-electron chi connectivity index (χ2n) is 10.2. The van der Waals surface area contributed by atoms with Crippen LogP contribution in [-0.2, 0) is 9.59 Å². The van der Waals surface area contributed by atoms with Gasteiger partial charge in [-0.05, 0) is 74.5 Å². The van der Waals surface area contributed by atoms with Gasteiger partial charge in [0.15, 0.2) is 11.0 Å². The molecule has 40 heavy (non-hydrogen) atoms. The molecule has 4 N–H and O–H groups in total. The third kappa shape index (κ3) is 5.96. The van der Waals surface area contributed by atoms with Crippen LogP contribution in [0.15, 0.2) is 58.7 Å². The number of aromatic nitrogens is 5. The van der Waals surface area contributed by atoms with E-state index in [2.05, 4.69) is 30.8 Å². The van der Waals surface area contributed by atoms with Crippen LogP contribution >= 0.6 is 11.8 Å². The van der Waals surface area contributed by atoms with Gasteiger partial charge in [0.1, 0.15) is 5.65 Å². The number of likely N-dealkylation sites (tertiary alicyclic amines) is 2. The molecular formula is C27H31N9O3S. The Balaban J connectivity index is 1.03. The predicted molar refractivity (Wildman–Crippen MR) is 151 cm³/mol. The summed E-state index contributed by atoms with van der Waals surface area (Å²) in [6, 6.07) is 13.3. The van der Waals surface area contributed by atoms with Crippen LogP contribution in [0, 0.1) is 12.8 Å². The third-order valence-electron chi connectivity index (χ3n) is 7.12. The van der Waals surface area contributed by atoms with E-state index in [9.17, 15) is 14.7 Å². The summed E-state index contributed by atoms with van der Waals surface area (Å²) in [6.07, 6.45) is 2.85. The number of nitrogens with zero attached hydrogens (tertiary/aromatic N) is 6. The molecule has 2 saturated heterocycles. The topological polar surface area (TPSA) is 144 Å². The van der Waals surface area contributed by atoms with E-state index in [-0.39, 0.29) is 24.3 Å². The molecule has 1 aromatic carbocycles. The first kappa shape index (κ1) is 26.3. The molecule has 2 aliphatic rings. The number of anilines is 3. The number of benzene rings is 1. The Morgan fingerprint density at radius 3 is 2.73 bits per heavy atom. The van der Waals surface area contributed by atoms with Gasteiger partial charge in [-0.15, -0.1) is 0 Å². The largest absolute Gasteiger partial charge is 0.391 e. The minimum Gasteiger partial charge on any atom is -0.391 e. The molecule has 0 spiro atoms. The van der Waals surface area contributed by atoms with Gasteiger partial charge in [0.2, 0.25) is 17.8 Å². The van der Waals surface area contributed by atoms with E-state index >= 15 is 0 Å². The van der Waals surface area contributed by atoms with E-state index in [1.807, 2.05) is 64.9 Å². The van der Waals surface area contributed by atoms with Crippen LogP contribution in [-0.4, -0.2) is 90.1 Å². The van der Waals surface area contributed by atoms with Gasteiger partial charge < -0.3 is 20.6 Å². The van der Waals surface area contributed by atoms with Crippen molar-refractivity contribution in [3.63, 3.8) is 0 Å². The van der Waals surface area contributed by atoms with E-state index in [0.29, 0.717) is 55.2 Å². The lowest BCUT2D eigenvalue weighted by molar-refractivity contribution is -0.134. The highest BCUT2D eigenvalue weighted by molar-refractivity contribution is 7.99. The number of rotatable bonds is 8. The van der Waals surface area contributed by atoms with E-state index in [4.69, 9.17) is 0 Å². The monoisotopic (exact) mass is 561 g/mol. The number of aliphatic hydroxyl groups is 1. The molecule has 6 rings (SSSR count). The molecule has 0 bridgehead atoms. The Labute approximate surface area is 235 Å². The number of H-pyrrole nitrogens is 1. The van der Waals surface area contributed by atoms with Crippen molar-refractivity contribution in [3.8, 4) is 0 Å². The van der Waals surface area contributed by atoms with E-state index in [1.54, 1.807) is 4.90 Å². The van der Waals surface area contributed by atoms with Gasteiger partial charge >= 0.3 is 0 Å². The number of β-amino-alcohol motifs (C(OH)–C–C–N with tert-alkyl or cyclic N) is 1. The summed E-state index contributed by atoms with van der Waals surface area (Å²) in [5.41, 5.74) is 2.41. The molecule has 2 atom stereocenters. The number of amides is 2. The van der Waals surface area contributed by atoms with Gasteiger partial charge in [-0.1, -0.05) is 0 Å². The summed E-state index contributed by atoms with van der Waals surface area (Å²) >= 11 is 1.43. The zero-order valence-corrected chi connectivity index (χ0v) is 22.9. The lowest BCUT2D eigenvalue weighted by atomic mass is 10.1. The molecule has 0 radical (unpaired) electrons. The quantitative estimate of drug-likeness (QED) is 0.255. The molecule has 0 aliphatic carbocycles. The van der Waals surface area contributed by atoms with Crippen LogP contribution in [0.25, 0.3) is 5.65 Å². The maximum absolute atomic E-state index is 12.7. The lowest BCUT2D eigenvalue weighted by Gasteiger charge is -2.20. The molecule has 2 fully saturated rings. The molecule has 2 unspecified atom stereocenters. The van der Waals surface area contributed by atoms with E-state index < -0.39 is 6.10 Å². The molecule has 0 saturated carbocycles. The summed E-state index contributed by atoms with van der Waals surface area (Å²) < 4.78 is 1.86. The van der Waals surface area contributed by atoms with Gasteiger partial charge in [0.25, 0.3) is 0 Å². The van der Waals surface area contributed by atoms with Crippen molar-refractivity contribution < 1.29 is 14.7 Å². The third-order valence-corrected chi connectivity index (χ3v) is 8.00.